The highest BCUT2D eigenvalue weighted by molar-refractivity contribution is 6.29. The van der Waals surface area contributed by atoms with Crippen molar-refractivity contribution in [2.75, 3.05) is 5.88 Å². The number of nitro groups is 1. The van der Waals surface area contributed by atoms with E-state index in [1.54, 1.807) is 19.1 Å². The third kappa shape index (κ3) is 4.75. The zero-order valence-electron chi connectivity index (χ0n) is 17.0. The lowest BCUT2D eigenvalue weighted by Crippen LogP contribution is -2.39. The molecule has 2 aromatic rings. The van der Waals surface area contributed by atoms with Crippen molar-refractivity contribution in [1.29, 1.82) is 0 Å². The van der Waals surface area contributed by atoms with Gasteiger partial charge in [0.25, 0.3) is 5.69 Å². The molecule has 10 heteroatoms. The number of nitrogens with one attached hydrogen (secondary N) is 1. The average Bonchev–Trinajstić information content (AvgIpc) is 3.20. The number of alkyl halides is 2. The Hall–Kier alpha value is -2.19. The first kappa shape index (κ1) is 22.5. The van der Waals surface area contributed by atoms with Crippen LogP contribution in [0.25, 0.3) is 11.4 Å². The fourth-order valence-corrected chi connectivity index (χ4v) is 4.50. The van der Waals surface area contributed by atoms with E-state index in [-0.39, 0.29) is 35.3 Å². The molecule has 1 aromatic carbocycles. The van der Waals surface area contributed by atoms with E-state index in [1.165, 1.54) is 6.07 Å². The van der Waals surface area contributed by atoms with E-state index >= 15 is 0 Å². The summed E-state index contributed by atoms with van der Waals surface area (Å²) < 4.78 is 5.72. The summed E-state index contributed by atoms with van der Waals surface area (Å²) in [5.41, 5.74) is 0.954. The largest absolute Gasteiger partial charge is 0.460 e. The van der Waals surface area contributed by atoms with Gasteiger partial charge >= 0.3 is 5.97 Å². The number of esters is 1. The van der Waals surface area contributed by atoms with Gasteiger partial charge in [-0.1, -0.05) is 26.0 Å². The summed E-state index contributed by atoms with van der Waals surface area (Å²) in [4.78, 5) is 27.6. The van der Waals surface area contributed by atoms with Gasteiger partial charge in [-0.05, 0) is 37.5 Å². The fraction of sp³-hybridized carbons (Fsp3) is 0.550. The van der Waals surface area contributed by atoms with Gasteiger partial charge in [0.1, 0.15) is 6.10 Å². The number of aromatic amines is 1. The van der Waals surface area contributed by atoms with Crippen molar-refractivity contribution < 1.29 is 14.5 Å². The number of hydrogen-bond donors (Lipinski definition) is 1. The van der Waals surface area contributed by atoms with Crippen molar-refractivity contribution in [3.63, 3.8) is 0 Å². The summed E-state index contributed by atoms with van der Waals surface area (Å²) in [6.07, 6.45) is 1.56. The molecule has 1 saturated carbocycles. The lowest BCUT2D eigenvalue weighted by Gasteiger charge is -2.38. The second-order valence-electron chi connectivity index (χ2n) is 8.01. The molecule has 0 saturated heterocycles. The van der Waals surface area contributed by atoms with Crippen LogP contribution < -0.4 is 0 Å². The quantitative estimate of drug-likeness (QED) is 0.290. The number of ether oxygens (including phenoxy) is 1. The number of halogens is 2. The van der Waals surface area contributed by atoms with Gasteiger partial charge in [-0.2, -0.15) is 5.10 Å². The molecule has 8 nitrogen and oxygen atoms in total. The number of nitro benzene ring substituents is 1. The average molecular weight is 455 g/mol. The number of rotatable bonds is 6. The molecule has 1 N–H and O–H groups in total. The molecule has 162 valence electrons. The van der Waals surface area contributed by atoms with Crippen LogP contribution in [-0.4, -0.2) is 38.1 Å². The van der Waals surface area contributed by atoms with Gasteiger partial charge in [0.05, 0.1) is 4.92 Å². The maximum absolute atomic E-state index is 12.6. The van der Waals surface area contributed by atoms with Crippen LogP contribution in [0.15, 0.2) is 18.2 Å². The maximum atomic E-state index is 12.6. The van der Waals surface area contributed by atoms with Gasteiger partial charge in [0.15, 0.2) is 17.0 Å². The Kier molecular flexibility index (Phi) is 6.98. The standard InChI is InChI=1S/C20H24Cl2N4O4/c1-10-4-5-14(8-15(10)26(28)29)18-23-19(25-24-18)16(22)20(27)30-17-11(2)6-13(9-21)7-12(17)3/h4-5,8,11-13,16-17H,6-7,9H2,1-3H3,(H,23,24,25). The molecule has 30 heavy (non-hydrogen) atoms. The van der Waals surface area contributed by atoms with Crippen LogP contribution in [0.1, 0.15) is 43.5 Å². The van der Waals surface area contributed by atoms with E-state index < -0.39 is 16.3 Å². The lowest BCUT2D eigenvalue weighted by molar-refractivity contribution is -0.385. The van der Waals surface area contributed by atoms with E-state index in [9.17, 15) is 14.9 Å². The van der Waals surface area contributed by atoms with Gasteiger partial charge in [-0.15, -0.1) is 23.2 Å². The number of benzene rings is 1. The molecule has 0 spiro atoms. The van der Waals surface area contributed by atoms with Crippen LogP contribution in [0.3, 0.4) is 0 Å². The first-order valence-electron chi connectivity index (χ1n) is 9.79. The minimum atomic E-state index is -1.16. The van der Waals surface area contributed by atoms with Crippen molar-refractivity contribution >= 4 is 34.9 Å². The van der Waals surface area contributed by atoms with Gasteiger partial charge in [-0.3, -0.25) is 15.2 Å². The Bertz CT molecular complexity index is 923. The smallest absolute Gasteiger partial charge is 0.332 e. The maximum Gasteiger partial charge on any atom is 0.332 e. The number of nitrogens with zero attached hydrogens (tertiary/aromatic N) is 3. The van der Waals surface area contributed by atoms with E-state index in [4.69, 9.17) is 27.9 Å². The van der Waals surface area contributed by atoms with E-state index in [0.29, 0.717) is 22.9 Å². The molecule has 1 aromatic heterocycles. The first-order valence-corrected chi connectivity index (χ1v) is 10.8. The van der Waals surface area contributed by atoms with E-state index in [0.717, 1.165) is 12.8 Å². The molecule has 0 bridgehead atoms. The number of H-pyrrole nitrogens is 1. The summed E-state index contributed by atoms with van der Waals surface area (Å²) in [6, 6.07) is 4.69. The Balaban J connectivity index is 1.72. The molecular formula is C20H24Cl2N4O4. The molecule has 0 aliphatic heterocycles. The molecule has 3 rings (SSSR count). The van der Waals surface area contributed by atoms with Crippen LogP contribution in [0.5, 0.6) is 0 Å². The molecule has 0 amide bonds. The molecule has 3 atom stereocenters. The van der Waals surface area contributed by atoms with Crippen molar-refractivity contribution in [3.8, 4) is 11.4 Å². The highest BCUT2D eigenvalue weighted by Crippen LogP contribution is 2.37. The molecule has 1 aliphatic carbocycles. The van der Waals surface area contributed by atoms with E-state index in [1.807, 2.05) is 13.8 Å². The van der Waals surface area contributed by atoms with Crippen LogP contribution in [0, 0.1) is 34.8 Å². The van der Waals surface area contributed by atoms with Crippen LogP contribution in [0.4, 0.5) is 5.69 Å². The molecule has 1 aliphatic rings. The van der Waals surface area contributed by atoms with Crippen molar-refractivity contribution in [2.24, 2.45) is 17.8 Å². The monoisotopic (exact) mass is 454 g/mol. The zero-order valence-corrected chi connectivity index (χ0v) is 18.5. The normalized spacial score (nSPS) is 25.0. The number of aryl methyl sites for hydroxylation is 1. The third-order valence-corrected chi connectivity index (χ3v) is 6.44. The van der Waals surface area contributed by atoms with Crippen LogP contribution >= 0.6 is 23.2 Å². The number of aromatic nitrogens is 3. The van der Waals surface area contributed by atoms with Crippen molar-refractivity contribution in [2.45, 2.75) is 45.1 Å². The Morgan fingerprint density at radius 2 is 2.03 bits per heavy atom. The van der Waals surface area contributed by atoms with Gasteiger partial charge in [0.2, 0.25) is 0 Å². The molecule has 1 heterocycles. The van der Waals surface area contributed by atoms with Gasteiger partial charge < -0.3 is 4.74 Å². The summed E-state index contributed by atoms with van der Waals surface area (Å²) in [6.45, 7) is 5.75. The first-order chi connectivity index (χ1) is 14.2. The third-order valence-electron chi connectivity index (χ3n) is 5.62. The van der Waals surface area contributed by atoms with Crippen LogP contribution in [0.2, 0.25) is 0 Å². The lowest BCUT2D eigenvalue weighted by atomic mass is 9.75. The minimum absolute atomic E-state index is 0.0313. The Labute approximate surface area is 184 Å². The minimum Gasteiger partial charge on any atom is -0.460 e. The predicted octanol–water partition coefficient (Wildman–Crippen LogP) is 4.80. The topological polar surface area (TPSA) is 111 Å². The SMILES string of the molecule is Cc1ccc(-c2n[nH]c(C(Cl)C(=O)OC3C(C)CC(CCl)CC3C)n2)cc1[N+](=O)[O-]. The highest BCUT2D eigenvalue weighted by atomic mass is 35.5. The summed E-state index contributed by atoms with van der Waals surface area (Å²) in [5, 5.41) is 16.7. The number of carbonyl (C=O) groups is 1. The Morgan fingerprint density at radius 1 is 1.37 bits per heavy atom. The number of carbonyl (C=O) groups excluding carboxylic acids is 1. The summed E-state index contributed by atoms with van der Waals surface area (Å²) in [5.74, 6) is 1.15. The van der Waals surface area contributed by atoms with Crippen molar-refractivity contribution in [1.82, 2.24) is 15.2 Å². The van der Waals surface area contributed by atoms with Gasteiger partial charge in [0, 0.05) is 23.1 Å². The van der Waals surface area contributed by atoms with Gasteiger partial charge in [-0.25, -0.2) is 9.78 Å². The predicted molar refractivity (Wildman–Crippen MR) is 113 cm³/mol. The van der Waals surface area contributed by atoms with E-state index in [2.05, 4.69) is 15.2 Å². The number of hydrogen-bond acceptors (Lipinski definition) is 6. The molecule has 0 radical (unpaired) electrons. The summed E-state index contributed by atoms with van der Waals surface area (Å²) >= 11 is 12.3. The fourth-order valence-electron chi connectivity index (χ4n) is 4.10. The summed E-state index contributed by atoms with van der Waals surface area (Å²) in [7, 11) is 0. The molecule has 3 unspecified atom stereocenters. The molecular weight excluding hydrogens is 431 g/mol. The second-order valence-corrected chi connectivity index (χ2v) is 8.76. The Morgan fingerprint density at radius 3 is 2.63 bits per heavy atom. The highest BCUT2D eigenvalue weighted by Gasteiger charge is 2.37. The van der Waals surface area contributed by atoms with Crippen LogP contribution in [-0.2, 0) is 9.53 Å². The molecule has 1 fully saturated rings. The van der Waals surface area contributed by atoms with Crippen molar-refractivity contribution in [3.05, 3.63) is 39.7 Å². The second kappa shape index (κ2) is 9.31. The zero-order chi connectivity index (χ0) is 22.0.